The summed E-state index contributed by atoms with van der Waals surface area (Å²) in [7, 11) is -3.94. The van der Waals surface area contributed by atoms with Gasteiger partial charge in [0.05, 0.1) is 10.0 Å². The number of nitrogen functional groups attached to an aromatic ring is 1. The molecule has 0 bridgehead atoms. The van der Waals surface area contributed by atoms with Crippen LogP contribution in [0.3, 0.4) is 0 Å². The molecular formula is C9H8Cl2N4O2S2. The van der Waals surface area contributed by atoms with Crippen LogP contribution in [0.2, 0.25) is 10.0 Å². The Balaban J connectivity index is 2.45. The summed E-state index contributed by atoms with van der Waals surface area (Å²) in [5.74, 6) is 0.470. The molecule has 0 unspecified atom stereocenters. The summed E-state index contributed by atoms with van der Waals surface area (Å²) in [6.45, 7) is 1.65. The van der Waals surface area contributed by atoms with E-state index in [4.69, 9.17) is 28.9 Å². The van der Waals surface area contributed by atoms with E-state index in [0.717, 1.165) is 11.5 Å². The summed E-state index contributed by atoms with van der Waals surface area (Å²) in [5, 5.41) is 0.0268. The number of hydrogen-bond donors (Lipinski definition) is 2. The van der Waals surface area contributed by atoms with E-state index in [1.54, 1.807) is 6.92 Å². The zero-order valence-corrected chi connectivity index (χ0v) is 12.7. The van der Waals surface area contributed by atoms with Gasteiger partial charge in [-0.25, -0.2) is 13.4 Å². The summed E-state index contributed by atoms with van der Waals surface area (Å²) in [6, 6.07) is 2.63. The van der Waals surface area contributed by atoms with E-state index < -0.39 is 10.0 Å². The lowest BCUT2D eigenvalue weighted by molar-refractivity contribution is 0.601. The Bertz CT molecular complexity index is 707. The molecule has 0 spiro atoms. The molecule has 0 saturated carbocycles. The summed E-state index contributed by atoms with van der Waals surface area (Å²) < 4.78 is 30.5. The maximum Gasteiger partial charge on any atom is 0.266 e. The van der Waals surface area contributed by atoms with Crippen LogP contribution in [0.1, 0.15) is 5.82 Å². The lowest BCUT2D eigenvalue weighted by Gasteiger charge is -2.09. The smallest absolute Gasteiger partial charge is 0.266 e. The van der Waals surface area contributed by atoms with Gasteiger partial charge in [0, 0.05) is 17.2 Å². The van der Waals surface area contributed by atoms with Gasteiger partial charge in [-0.2, -0.15) is 4.37 Å². The number of anilines is 2. The van der Waals surface area contributed by atoms with Crippen LogP contribution in [0.25, 0.3) is 0 Å². The number of nitrogens with zero attached hydrogens (tertiary/aromatic N) is 2. The number of benzene rings is 1. The maximum atomic E-state index is 12.2. The first-order valence-corrected chi connectivity index (χ1v) is 7.88. The van der Waals surface area contributed by atoms with Gasteiger partial charge in [-0.05, 0) is 19.1 Å². The van der Waals surface area contributed by atoms with E-state index in [1.807, 2.05) is 0 Å². The van der Waals surface area contributed by atoms with Crippen LogP contribution >= 0.6 is 34.7 Å². The van der Waals surface area contributed by atoms with Gasteiger partial charge in [-0.15, -0.1) is 0 Å². The average Bonchev–Trinajstić information content (AvgIpc) is 2.60. The number of nitrogens with one attached hydrogen (secondary N) is 1. The van der Waals surface area contributed by atoms with E-state index in [9.17, 15) is 8.42 Å². The lowest BCUT2D eigenvalue weighted by atomic mass is 10.3. The van der Waals surface area contributed by atoms with Crippen LogP contribution in [0.5, 0.6) is 0 Å². The van der Waals surface area contributed by atoms with Crippen LogP contribution < -0.4 is 10.5 Å². The monoisotopic (exact) mass is 338 g/mol. The molecule has 0 fully saturated rings. The lowest BCUT2D eigenvalue weighted by Crippen LogP contribution is -2.14. The minimum absolute atomic E-state index is 0.0567. The van der Waals surface area contributed by atoms with E-state index in [0.29, 0.717) is 5.82 Å². The van der Waals surface area contributed by atoms with Gasteiger partial charge >= 0.3 is 0 Å². The Hall–Kier alpha value is -1.09. The highest BCUT2D eigenvalue weighted by atomic mass is 35.5. The molecular weight excluding hydrogens is 331 g/mol. The normalized spacial score (nSPS) is 11.5. The fourth-order valence-corrected chi connectivity index (χ4v) is 4.37. The molecule has 0 aliphatic carbocycles. The second-order valence-electron chi connectivity index (χ2n) is 3.57. The highest BCUT2D eigenvalue weighted by molar-refractivity contribution is 7.93. The van der Waals surface area contributed by atoms with Gasteiger partial charge in [0.2, 0.25) is 5.13 Å². The third-order valence-corrected chi connectivity index (χ3v) is 5.15. The molecule has 2 aromatic rings. The van der Waals surface area contributed by atoms with E-state index in [-0.39, 0.29) is 25.8 Å². The molecule has 0 aliphatic rings. The van der Waals surface area contributed by atoms with Crippen molar-refractivity contribution in [3.8, 4) is 0 Å². The molecule has 2 rings (SSSR count). The van der Waals surface area contributed by atoms with Gasteiger partial charge in [0.15, 0.2) is 0 Å². The quantitative estimate of drug-likeness (QED) is 0.838. The predicted molar refractivity (Wildman–Crippen MR) is 76.3 cm³/mol. The van der Waals surface area contributed by atoms with Crippen molar-refractivity contribution < 1.29 is 8.42 Å². The molecule has 1 heterocycles. The summed E-state index contributed by atoms with van der Waals surface area (Å²) in [4.78, 5) is 3.67. The van der Waals surface area contributed by atoms with Crippen LogP contribution in [-0.2, 0) is 10.0 Å². The Labute approximate surface area is 123 Å². The van der Waals surface area contributed by atoms with Crippen LogP contribution in [0.15, 0.2) is 17.0 Å². The molecule has 102 valence electrons. The van der Waals surface area contributed by atoms with Crippen molar-refractivity contribution in [1.29, 1.82) is 0 Å². The number of halogens is 2. The van der Waals surface area contributed by atoms with E-state index in [2.05, 4.69) is 14.1 Å². The van der Waals surface area contributed by atoms with Crippen molar-refractivity contribution in [2.45, 2.75) is 11.8 Å². The Morgan fingerprint density at radius 2 is 1.89 bits per heavy atom. The molecule has 19 heavy (non-hydrogen) atoms. The van der Waals surface area contributed by atoms with Crippen molar-refractivity contribution >= 4 is 55.6 Å². The number of nitrogens with two attached hydrogens (primary N) is 1. The third-order valence-electron chi connectivity index (χ3n) is 2.04. The van der Waals surface area contributed by atoms with Crippen molar-refractivity contribution in [2.24, 2.45) is 0 Å². The number of rotatable bonds is 3. The summed E-state index contributed by atoms with van der Waals surface area (Å²) in [5.41, 5.74) is 5.80. The van der Waals surface area contributed by atoms with E-state index >= 15 is 0 Å². The second-order valence-corrected chi connectivity index (χ2v) is 6.75. The van der Waals surface area contributed by atoms with Crippen LogP contribution in [0.4, 0.5) is 10.8 Å². The zero-order chi connectivity index (χ0) is 14.2. The van der Waals surface area contributed by atoms with Gasteiger partial charge in [-0.3, -0.25) is 4.72 Å². The van der Waals surface area contributed by atoms with Gasteiger partial charge in [0.25, 0.3) is 10.0 Å². The molecule has 0 amide bonds. The first-order chi connectivity index (χ1) is 8.79. The topological polar surface area (TPSA) is 98.0 Å². The molecule has 0 saturated heterocycles. The number of aryl methyl sites for hydroxylation is 1. The first-order valence-electron chi connectivity index (χ1n) is 4.87. The molecule has 0 atom stereocenters. The molecule has 1 aromatic heterocycles. The molecule has 6 nitrogen and oxygen atoms in total. The predicted octanol–water partition coefficient (Wildman–Crippen LogP) is 2.54. The average molecular weight is 339 g/mol. The molecule has 1 aromatic carbocycles. The zero-order valence-electron chi connectivity index (χ0n) is 9.52. The van der Waals surface area contributed by atoms with Crippen molar-refractivity contribution in [3.63, 3.8) is 0 Å². The summed E-state index contributed by atoms with van der Waals surface area (Å²) in [6.07, 6.45) is 0. The maximum absolute atomic E-state index is 12.2. The standard InChI is InChI=1S/C9H8Cl2N4O2S2/c1-4-13-9(18-14-4)15-19(16,17)8-6(10)2-5(12)3-7(8)11/h2-3H,12H2,1H3,(H,13,14,15). The fourth-order valence-electron chi connectivity index (χ4n) is 1.34. The molecule has 0 radical (unpaired) electrons. The molecule has 3 N–H and O–H groups in total. The van der Waals surface area contributed by atoms with Crippen molar-refractivity contribution in [3.05, 3.63) is 28.0 Å². The second kappa shape index (κ2) is 5.12. The number of aromatic nitrogens is 2. The Morgan fingerprint density at radius 3 is 2.37 bits per heavy atom. The number of hydrogen-bond acceptors (Lipinski definition) is 6. The Kier molecular flexibility index (Phi) is 3.86. The minimum atomic E-state index is -3.94. The largest absolute Gasteiger partial charge is 0.399 e. The summed E-state index contributed by atoms with van der Waals surface area (Å²) >= 11 is 12.7. The van der Waals surface area contributed by atoms with E-state index in [1.165, 1.54) is 12.1 Å². The number of sulfonamides is 1. The van der Waals surface area contributed by atoms with Crippen LogP contribution in [0, 0.1) is 6.92 Å². The van der Waals surface area contributed by atoms with Crippen LogP contribution in [-0.4, -0.2) is 17.8 Å². The van der Waals surface area contributed by atoms with Gasteiger partial charge < -0.3 is 5.73 Å². The van der Waals surface area contributed by atoms with Crippen molar-refractivity contribution in [2.75, 3.05) is 10.5 Å². The Morgan fingerprint density at radius 1 is 1.32 bits per heavy atom. The first kappa shape index (κ1) is 14.3. The van der Waals surface area contributed by atoms with Crippen molar-refractivity contribution in [1.82, 2.24) is 9.36 Å². The van der Waals surface area contributed by atoms with Gasteiger partial charge in [-0.1, -0.05) is 23.2 Å². The third kappa shape index (κ3) is 3.08. The SMILES string of the molecule is Cc1nsc(NS(=O)(=O)c2c(Cl)cc(N)cc2Cl)n1. The van der Waals surface area contributed by atoms with Gasteiger partial charge in [0.1, 0.15) is 10.7 Å². The molecule has 0 aliphatic heterocycles. The fraction of sp³-hybridized carbons (Fsp3) is 0.111. The minimum Gasteiger partial charge on any atom is -0.399 e. The highest BCUT2D eigenvalue weighted by Crippen LogP contribution is 2.33. The highest BCUT2D eigenvalue weighted by Gasteiger charge is 2.23. The molecule has 10 heteroatoms.